The van der Waals surface area contributed by atoms with Crippen LogP contribution in [-0.2, 0) is 6.54 Å². The van der Waals surface area contributed by atoms with Crippen LogP contribution in [0, 0.1) is 18.3 Å². The first kappa shape index (κ1) is 13.9. The number of nitrogens with one attached hydrogen (secondary N) is 1. The molecule has 0 aliphatic rings. The number of nitriles is 1. The molecular weight excluding hydrogens is 272 g/mol. The third-order valence-electron chi connectivity index (χ3n) is 2.98. The highest BCUT2D eigenvalue weighted by atomic mass is 32.1. The van der Waals surface area contributed by atoms with E-state index in [0.717, 1.165) is 22.5 Å². The van der Waals surface area contributed by atoms with Crippen molar-refractivity contribution in [3.63, 3.8) is 0 Å². The first-order valence-corrected chi connectivity index (χ1v) is 6.76. The number of nitrogens with zero attached hydrogens (tertiary/aromatic N) is 1. The van der Waals surface area contributed by atoms with Gasteiger partial charge >= 0.3 is 0 Å². The van der Waals surface area contributed by atoms with Crippen LogP contribution in [0.1, 0.15) is 26.4 Å². The number of primary amides is 1. The number of nitrogen functional groups attached to an aromatic ring is 1. The fourth-order valence-electron chi connectivity index (χ4n) is 1.85. The van der Waals surface area contributed by atoms with E-state index in [1.54, 1.807) is 0 Å². The van der Waals surface area contributed by atoms with Crippen LogP contribution in [0.4, 0.5) is 10.7 Å². The molecule has 0 bridgehead atoms. The number of amides is 1. The Kier molecular flexibility index (Phi) is 3.91. The van der Waals surface area contributed by atoms with Crippen LogP contribution in [0.3, 0.4) is 0 Å². The average molecular weight is 286 g/mol. The molecule has 2 rings (SSSR count). The molecule has 0 unspecified atom stereocenters. The van der Waals surface area contributed by atoms with E-state index in [-0.39, 0.29) is 16.1 Å². The maximum Gasteiger partial charge on any atom is 0.261 e. The molecule has 1 amide bonds. The molecule has 0 saturated heterocycles. The van der Waals surface area contributed by atoms with Gasteiger partial charge in [-0.1, -0.05) is 24.3 Å². The van der Waals surface area contributed by atoms with Gasteiger partial charge in [-0.15, -0.1) is 11.3 Å². The summed E-state index contributed by atoms with van der Waals surface area (Å²) in [5.74, 6) is -0.618. The third kappa shape index (κ3) is 2.58. The van der Waals surface area contributed by atoms with E-state index in [1.807, 2.05) is 37.3 Å². The zero-order valence-electron chi connectivity index (χ0n) is 10.9. The molecule has 5 N–H and O–H groups in total. The lowest BCUT2D eigenvalue weighted by Crippen LogP contribution is -2.10. The second-order valence-corrected chi connectivity index (χ2v) is 5.33. The van der Waals surface area contributed by atoms with Crippen LogP contribution >= 0.6 is 11.3 Å². The SMILES string of the molecule is Cc1ccccc1CNc1sc(C(N)=O)c(N)c1C#N. The molecule has 2 aromatic rings. The molecule has 0 radical (unpaired) electrons. The van der Waals surface area contributed by atoms with Crippen molar-refractivity contribution in [3.05, 3.63) is 45.8 Å². The van der Waals surface area contributed by atoms with Gasteiger partial charge in [0.15, 0.2) is 0 Å². The fourth-order valence-corrected chi connectivity index (χ4v) is 2.77. The highest BCUT2D eigenvalue weighted by Gasteiger charge is 2.19. The van der Waals surface area contributed by atoms with Crippen molar-refractivity contribution in [2.24, 2.45) is 5.73 Å². The maximum atomic E-state index is 11.2. The second-order valence-electron chi connectivity index (χ2n) is 4.31. The van der Waals surface area contributed by atoms with Crippen molar-refractivity contribution in [3.8, 4) is 6.07 Å². The Labute approximate surface area is 120 Å². The molecule has 1 aromatic carbocycles. The summed E-state index contributed by atoms with van der Waals surface area (Å²) >= 11 is 1.11. The summed E-state index contributed by atoms with van der Waals surface area (Å²) in [5, 5.41) is 12.8. The van der Waals surface area contributed by atoms with Crippen molar-refractivity contribution in [1.82, 2.24) is 0 Å². The van der Waals surface area contributed by atoms with Crippen LogP contribution < -0.4 is 16.8 Å². The van der Waals surface area contributed by atoms with Crippen molar-refractivity contribution in [2.45, 2.75) is 13.5 Å². The van der Waals surface area contributed by atoms with Crippen LogP contribution in [0.2, 0.25) is 0 Å². The number of hydrogen-bond acceptors (Lipinski definition) is 5. The maximum absolute atomic E-state index is 11.2. The summed E-state index contributed by atoms with van der Waals surface area (Å²) in [4.78, 5) is 11.5. The van der Waals surface area contributed by atoms with Gasteiger partial charge in [-0.2, -0.15) is 5.26 Å². The first-order valence-electron chi connectivity index (χ1n) is 5.95. The molecule has 0 atom stereocenters. The molecular formula is C14H14N4OS. The Balaban J connectivity index is 2.27. The van der Waals surface area contributed by atoms with E-state index in [1.165, 1.54) is 0 Å². The van der Waals surface area contributed by atoms with E-state index in [4.69, 9.17) is 16.7 Å². The van der Waals surface area contributed by atoms with Crippen molar-refractivity contribution >= 4 is 27.9 Å². The summed E-state index contributed by atoms with van der Waals surface area (Å²) in [6.45, 7) is 2.57. The van der Waals surface area contributed by atoms with Gasteiger partial charge in [-0.05, 0) is 18.1 Å². The van der Waals surface area contributed by atoms with Crippen molar-refractivity contribution in [2.75, 3.05) is 11.1 Å². The number of aryl methyl sites for hydroxylation is 1. The predicted octanol–water partition coefficient (Wildman–Crippen LogP) is 2.22. The van der Waals surface area contributed by atoms with Gasteiger partial charge in [0.1, 0.15) is 21.5 Å². The summed E-state index contributed by atoms with van der Waals surface area (Å²) in [7, 11) is 0. The normalized spacial score (nSPS) is 10.0. The number of anilines is 2. The topological polar surface area (TPSA) is 105 Å². The number of hydrogen-bond donors (Lipinski definition) is 3. The summed E-state index contributed by atoms with van der Waals surface area (Å²) in [6.07, 6.45) is 0. The molecule has 0 fully saturated rings. The smallest absolute Gasteiger partial charge is 0.261 e. The molecule has 1 heterocycles. The monoisotopic (exact) mass is 286 g/mol. The van der Waals surface area contributed by atoms with Crippen LogP contribution in [0.25, 0.3) is 0 Å². The van der Waals surface area contributed by atoms with Gasteiger partial charge in [0.25, 0.3) is 5.91 Å². The second kappa shape index (κ2) is 5.63. The molecule has 0 saturated carbocycles. The van der Waals surface area contributed by atoms with E-state index in [9.17, 15) is 4.79 Å². The molecule has 0 aliphatic heterocycles. The minimum atomic E-state index is -0.618. The lowest BCUT2D eigenvalue weighted by Gasteiger charge is -2.07. The van der Waals surface area contributed by atoms with E-state index in [0.29, 0.717) is 11.5 Å². The van der Waals surface area contributed by atoms with Gasteiger partial charge in [-0.25, -0.2) is 0 Å². The van der Waals surface area contributed by atoms with Crippen LogP contribution in [-0.4, -0.2) is 5.91 Å². The molecule has 1 aromatic heterocycles. The predicted molar refractivity (Wildman–Crippen MR) is 80.5 cm³/mol. The lowest BCUT2D eigenvalue weighted by molar-refractivity contribution is 0.100. The van der Waals surface area contributed by atoms with Gasteiger partial charge in [0.05, 0.1) is 5.69 Å². The van der Waals surface area contributed by atoms with E-state index in [2.05, 4.69) is 5.32 Å². The third-order valence-corrected chi connectivity index (χ3v) is 4.16. The summed E-state index contributed by atoms with van der Waals surface area (Å²) in [6, 6.07) is 9.94. The Morgan fingerprint density at radius 3 is 2.75 bits per heavy atom. The Bertz CT molecular complexity index is 700. The van der Waals surface area contributed by atoms with Gasteiger partial charge in [0.2, 0.25) is 0 Å². The van der Waals surface area contributed by atoms with Crippen LogP contribution in [0.5, 0.6) is 0 Å². The first-order chi connectivity index (χ1) is 9.54. The van der Waals surface area contributed by atoms with Gasteiger partial charge < -0.3 is 16.8 Å². The van der Waals surface area contributed by atoms with Gasteiger partial charge in [0, 0.05) is 6.54 Å². The zero-order valence-corrected chi connectivity index (χ0v) is 11.8. The minimum absolute atomic E-state index is 0.150. The lowest BCUT2D eigenvalue weighted by atomic mass is 10.1. The number of benzene rings is 1. The zero-order chi connectivity index (χ0) is 14.7. The largest absolute Gasteiger partial charge is 0.396 e. The summed E-state index contributed by atoms with van der Waals surface area (Å²) < 4.78 is 0. The standard InChI is InChI=1S/C14H14N4OS/c1-8-4-2-3-5-9(8)7-18-14-10(6-15)11(16)12(20-14)13(17)19/h2-5,18H,7,16H2,1H3,(H2,17,19). The van der Waals surface area contributed by atoms with E-state index < -0.39 is 5.91 Å². The number of carbonyl (C=O) groups is 1. The van der Waals surface area contributed by atoms with E-state index >= 15 is 0 Å². The van der Waals surface area contributed by atoms with Crippen molar-refractivity contribution < 1.29 is 4.79 Å². The highest BCUT2D eigenvalue weighted by molar-refractivity contribution is 7.18. The number of nitrogens with two attached hydrogens (primary N) is 2. The quantitative estimate of drug-likeness (QED) is 0.801. The Hall–Kier alpha value is -2.52. The molecule has 20 heavy (non-hydrogen) atoms. The van der Waals surface area contributed by atoms with Crippen LogP contribution in [0.15, 0.2) is 24.3 Å². The van der Waals surface area contributed by atoms with Crippen molar-refractivity contribution in [1.29, 1.82) is 5.26 Å². The Morgan fingerprint density at radius 2 is 2.15 bits per heavy atom. The van der Waals surface area contributed by atoms with Gasteiger partial charge in [-0.3, -0.25) is 4.79 Å². The number of carbonyl (C=O) groups excluding carboxylic acids is 1. The average Bonchev–Trinajstić information content (AvgIpc) is 2.74. The molecule has 102 valence electrons. The molecule has 0 aliphatic carbocycles. The number of thiophene rings is 1. The Morgan fingerprint density at radius 1 is 1.45 bits per heavy atom. The minimum Gasteiger partial charge on any atom is -0.396 e. The number of rotatable bonds is 4. The molecule has 0 spiro atoms. The molecule has 5 nitrogen and oxygen atoms in total. The highest BCUT2D eigenvalue weighted by Crippen LogP contribution is 2.35. The molecule has 6 heteroatoms. The summed E-state index contributed by atoms with van der Waals surface area (Å²) in [5.41, 5.74) is 13.7. The fraction of sp³-hybridized carbons (Fsp3) is 0.143.